The number of nitrogens with one attached hydrogen (secondary N) is 2. The summed E-state index contributed by atoms with van der Waals surface area (Å²) >= 11 is 0. The molecule has 2 aromatic rings. The Balaban J connectivity index is 2.02. The first-order valence-corrected chi connectivity index (χ1v) is 12.5. The van der Waals surface area contributed by atoms with Gasteiger partial charge in [-0.05, 0) is 65.8 Å². The summed E-state index contributed by atoms with van der Waals surface area (Å²) < 4.78 is 44.3. The molecular weight excluding hydrogens is 496 g/mol. The Morgan fingerprint density at radius 2 is 1.87 bits per heavy atom. The highest BCUT2D eigenvalue weighted by Gasteiger charge is 2.21. The lowest BCUT2D eigenvalue weighted by Crippen LogP contribution is -2.45. The molecule has 4 N–H and O–H groups in total. The van der Waals surface area contributed by atoms with Crippen LogP contribution >= 0.6 is 0 Å². The van der Waals surface area contributed by atoms with Crippen molar-refractivity contribution in [2.24, 2.45) is 5.73 Å². The molecule has 0 fully saturated rings. The SMILES string of the molecule is [2H]C([2H])([2H])N(C/C=C/C(=O)N(C)[C@@H](C)C(=O)NCCc1cccc(Nc2nc(N(C)C(C)C)c(C)nc2C(N)=O)c1)C([2H])([2H])[2H]. The fourth-order valence-corrected chi connectivity index (χ4v) is 3.51. The van der Waals surface area contributed by atoms with Crippen molar-refractivity contribution in [3.05, 3.63) is 53.4 Å². The molecule has 1 heterocycles. The maximum absolute atomic E-state index is 12.7. The summed E-state index contributed by atoms with van der Waals surface area (Å²) in [5.41, 5.74) is 7.66. The molecule has 39 heavy (non-hydrogen) atoms. The van der Waals surface area contributed by atoms with Crippen LogP contribution in [0.3, 0.4) is 0 Å². The van der Waals surface area contributed by atoms with Crippen molar-refractivity contribution in [3.8, 4) is 0 Å². The number of likely N-dealkylation sites (N-methyl/N-ethyl adjacent to an activating group) is 2. The highest BCUT2D eigenvalue weighted by Crippen LogP contribution is 2.25. The van der Waals surface area contributed by atoms with Gasteiger partial charge in [0.1, 0.15) is 6.04 Å². The van der Waals surface area contributed by atoms with E-state index in [1.54, 1.807) is 13.0 Å². The molecule has 0 saturated heterocycles. The van der Waals surface area contributed by atoms with Gasteiger partial charge in [0.05, 0.1) is 5.69 Å². The van der Waals surface area contributed by atoms with E-state index < -0.39 is 44.3 Å². The number of aryl methyl sites for hydroxylation is 1. The van der Waals surface area contributed by atoms with Gasteiger partial charge in [0.15, 0.2) is 17.3 Å². The van der Waals surface area contributed by atoms with Crippen LogP contribution in [0.1, 0.15) is 50.7 Å². The number of hydrogen-bond donors (Lipinski definition) is 3. The summed E-state index contributed by atoms with van der Waals surface area (Å²) in [5.74, 6) is -0.890. The van der Waals surface area contributed by atoms with Crippen LogP contribution in [0.2, 0.25) is 0 Å². The van der Waals surface area contributed by atoms with Gasteiger partial charge in [0.2, 0.25) is 11.8 Å². The van der Waals surface area contributed by atoms with Gasteiger partial charge in [-0.25, -0.2) is 9.97 Å². The number of primary amides is 1. The second kappa shape index (κ2) is 14.2. The van der Waals surface area contributed by atoms with E-state index in [0.717, 1.165) is 22.6 Å². The number of amides is 3. The maximum Gasteiger partial charge on any atom is 0.271 e. The zero-order valence-corrected chi connectivity index (χ0v) is 23.3. The van der Waals surface area contributed by atoms with Crippen molar-refractivity contribution in [1.29, 1.82) is 0 Å². The van der Waals surface area contributed by atoms with Gasteiger partial charge in [0.25, 0.3) is 5.91 Å². The molecule has 0 unspecified atom stereocenters. The van der Waals surface area contributed by atoms with Crippen molar-refractivity contribution in [3.63, 3.8) is 0 Å². The fourth-order valence-electron chi connectivity index (χ4n) is 3.51. The van der Waals surface area contributed by atoms with Gasteiger partial charge in [-0.3, -0.25) is 14.4 Å². The molecule has 0 aliphatic rings. The molecule has 1 atom stereocenters. The molecule has 11 nitrogen and oxygen atoms in total. The van der Waals surface area contributed by atoms with Crippen LogP contribution in [-0.4, -0.2) is 90.7 Å². The molecule has 212 valence electrons. The highest BCUT2D eigenvalue weighted by molar-refractivity contribution is 5.96. The average Bonchev–Trinajstić information content (AvgIpc) is 2.93. The third kappa shape index (κ3) is 9.06. The summed E-state index contributed by atoms with van der Waals surface area (Å²) in [6, 6.07) is 6.61. The number of rotatable bonds is 13. The lowest BCUT2D eigenvalue weighted by atomic mass is 10.1. The van der Waals surface area contributed by atoms with Crippen LogP contribution in [0.15, 0.2) is 36.4 Å². The number of aromatic nitrogens is 2. The summed E-state index contributed by atoms with van der Waals surface area (Å²) in [6.07, 6.45) is 2.63. The number of carbonyl (C=O) groups is 3. The highest BCUT2D eigenvalue weighted by atomic mass is 16.2. The molecule has 0 radical (unpaired) electrons. The molecule has 0 spiro atoms. The number of nitrogens with zero attached hydrogens (tertiary/aromatic N) is 5. The van der Waals surface area contributed by atoms with Crippen molar-refractivity contribution in [2.45, 2.75) is 46.2 Å². The number of carbonyl (C=O) groups excluding carboxylic acids is 3. The first-order chi connectivity index (χ1) is 20.7. The number of benzene rings is 1. The molecule has 0 aliphatic heterocycles. The standard InChI is InChI=1S/C28H42N8O3/c1-18(2)35(7)27-19(3)31-24(25(29)38)26(33-27)32-22-12-9-11-21(17-22)14-15-30-28(39)20(4)36(8)23(37)13-10-16-34(5)6/h9-13,17-18,20H,14-16H2,1-8H3,(H2,29,38)(H,30,39)(H,32,33)/b13-10+/t20-/m0/s1/i5D3,6D3. The number of anilines is 3. The maximum atomic E-state index is 12.7. The summed E-state index contributed by atoms with van der Waals surface area (Å²) in [5, 5.41) is 5.92. The van der Waals surface area contributed by atoms with Gasteiger partial charge in [0, 0.05) is 53.2 Å². The molecule has 0 bridgehead atoms. The van der Waals surface area contributed by atoms with E-state index in [9.17, 15) is 14.4 Å². The van der Waals surface area contributed by atoms with Crippen LogP contribution in [0.25, 0.3) is 0 Å². The monoisotopic (exact) mass is 544 g/mol. The van der Waals surface area contributed by atoms with Gasteiger partial charge in [-0.2, -0.15) is 0 Å². The third-order valence-corrected chi connectivity index (χ3v) is 6.15. The molecule has 0 aliphatic carbocycles. The molecule has 0 saturated carbocycles. The minimum atomic E-state index is -2.87. The van der Waals surface area contributed by atoms with Crippen LogP contribution in [-0.2, 0) is 16.0 Å². The minimum absolute atomic E-state index is 0.0143. The first kappa shape index (κ1) is 22.9. The molecule has 1 aromatic heterocycles. The Labute approximate surface area is 239 Å². The van der Waals surface area contributed by atoms with Gasteiger partial charge < -0.3 is 31.1 Å². The third-order valence-electron chi connectivity index (χ3n) is 6.15. The summed E-state index contributed by atoms with van der Waals surface area (Å²) in [7, 11) is 3.30. The van der Waals surface area contributed by atoms with E-state index in [1.165, 1.54) is 14.0 Å². The molecule has 1 aromatic carbocycles. The Morgan fingerprint density at radius 3 is 2.51 bits per heavy atom. The van der Waals surface area contributed by atoms with E-state index in [2.05, 4.69) is 20.6 Å². The van der Waals surface area contributed by atoms with Crippen LogP contribution in [0, 0.1) is 6.92 Å². The van der Waals surface area contributed by atoms with E-state index in [0.29, 0.717) is 28.5 Å². The Morgan fingerprint density at radius 1 is 1.15 bits per heavy atom. The summed E-state index contributed by atoms with van der Waals surface area (Å²) in [6.45, 7) is 1.33. The molecular formula is C28H42N8O3. The van der Waals surface area contributed by atoms with Crippen molar-refractivity contribution in [2.75, 3.05) is 51.4 Å². The zero-order valence-electron chi connectivity index (χ0n) is 29.3. The van der Waals surface area contributed by atoms with Crippen LogP contribution < -0.4 is 21.3 Å². The normalized spacial score (nSPS) is 15.0. The van der Waals surface area contributed by atoms with Gasteiger partial charge in [-0.1, -0.05) is 18.2 Å². The second-order valence-corrected chi connectivity index (χ2v) is 9.40. The number of nitrogens with two attached hydrogens (primary N) is 1. The Kier molecular flexibility index (Phi) is 8.38. The van der Waals surface area contributed by atoms with E-state index in [4.69, 9.17) is 14.0 Å². The number of hydrogen-bond acceptors (Lipinski definition) is 8. The average molecular weight is 545 g/mol. The quantitative estimate of drug-likeness (QED) is 0.326. The van der Waals surface area contributed by atoms with Crippen molar-refractivity contribution < 1.29 is 22.6 Å². The topological polar surface area (TPSA) is 137 Å². The molecule has 3 amide bonds. The lowest BCUT2D eigenvalue weighted by Gasteiger charge is -2.25. The molecule has 11 heteroatoms. The van der Waals surface area contributed by atoms with Crippen molar-refractivity contribution in [1.82, 2.24) is 25.1 Å². The Bertz CT molecular complexity index is 1380. The van der Waals surface area contributed by atoms with Gasteiger partial charge >= 0.3 is 0 Å². The van der Waals surface area contributed by atoms with Crippen LogP contribution in [0.5, 0.6) is 0 Å². The Hall–Kier alpha value is -3.99. The zero-order chi connectivity index (χ0) is 34.3. The smallest absolute Gasteiger partial charge is 0.271 e. The van der Waals surface area contributed by atoms with Crippen molar-refractivity contribution >= 4 is 35.0 Å². The predicted molar refractivity (Wildman–Crippen MR) is 155 cm³/mol. The second-order valence-electron chi connectivity index (χ2n) is 9.40. The van der Waals surface area contributed by atoms with Gasteiger partial charge in [-0.15, -0.1) is 0 Å². The van der Waals surface area contributed by atoms with E-state index in [-0.39, 0.29) is 24.1 Å². The predicted octanol–water partition coefficient (Wildman–Crippen LogP) is 2.10. The largest absolute Gasteiger partial charge is 0.364 e. The lowest BCUT2D eigenvalue weighted by molar-refractivity contribution is -0.135. The summed E-state index contributed by atoms with van der Waals surface area (Å²) in [4.78, 5) is 49.8. The fraction of sp³-hybridized carbons (Fsp3) is 0.464. The van der Waals surface area contributed by atoms with E-state index >= 15 is 0 Å². The van der Waals surface area contributed by atoms with E-state index in [1.807, 2.05) is 44.0 Å². The first-order valence-electron chi connectivity index (χ1n) is 15.5. The molecule has 2 rings (SSSR count). The van der Waals surface area contributed by atoms with Crippen LogP contribution in [0.4, 0.5) is 17.3 Å². The minimum Gasteiger partial charge on any atom is -0.364 e.